The lowest BCUT2D eigenvalue weighted by Crippen LogP contribution is -2.18. The second-order valence-corrected chi connectivity index (χ2v) is 7.35. The Kier molecular flexibility index (Phi) is 4.89. The van der Waals surface area contributed by atoms with E-state index in [0.29, 0.717) is 33.6 Å². The minimum atomic E-state index is -2.08. The molecule has 0 saturated heterocycles. The number of hydrogen-bond donors (Lipinski definition) is 2. The Labute approximate surface area is 170 Å². The van der Waals surface area contributed by atoms with Gasteiger partial charge in [-0.05, 0) is 24.1 Å². The average Bonchev–Trinajstić information content (AvgIpc) is 3.28. The number of carbonyl (C=O) groups is 1. The maximum absolute atomic E-state index is 14.3. The quantitative estimate of drug-likeness (QED) is 0.495. The summed E-state index contributed by atoms with van der Waals surface area (Å²) in [6.45, 7) is 3.85. The molecule has 0 amide bonds. The zero-order valence-corrected chi connectivity index (χ0v) is 16.6. The van der Waals surface area contributed by atoms with Crippen molar-refractivity contribution in [2.75, 3.05) is 7.11 Å². The van der Waals surface area contributed by atoms with Gasteiger partial charge in [0.1, 0.15) is 0 Å². The van der Waals surface area contributed by atoms with E-state index < -0.39 is 18.0 Å². The van der Waals surface area contributed by atoms with Crippen LogP contribution in [0.5, 0.6) is 5.75 Å². The lowest BCUT2D eigenvalue weighted by molar-refractivity contribution is -0.142. The van der Waals surface area contributed by atoms with Crippen LogP contribution in [0.1, 0.15) is 31.0 Å². The van der Waals surface area contributed by atoms with E-state index in [9.17, 15) is 13.6 Å². The maximum atomic E-state index is 14.3. The summed E-state index contributed by atoms with van der Waals surface area (Å²) < 4.78 is 35.3. The number of hydrogen-bond acceptors (Lipinski definition) is 4. The summed E-state index contributed by atoms with van der Waals surface area (Å²) >= 11 is 0. The molecule has 3 heterocycles. The number of methoxy groups -OCH3 is 1. The van der Waals surface area contributed by atoms with Crippen molar-refractivity contribution in [2.45, 2.75) is 32.4 Å². The van der Waals surface area contributed by atoms with Gasteiger partial charge in [-0.1, -0.05) is 13.8 Å². The van der Waals surface area contributed by atoms with Gasteiger partial charge < -0.3 is 14.4 Å². The number of halogens is 2. The Morgan fingerprint density at radius 1 is 1.33 bits per heavy atom. The van der Waals surface area contributed by atoms with Crippen LogP contribution in [0.3, 0.4) is 0 Å². The third kappa shape index (κ3) is 3.16. The van der Waals surface area contributed by atoms with Gasteiger partial charge >= 0.3 is 5.97 Å². The Morgan fingerprint density at radius 2 is 2.10 bits per heavy atom. The van der Waals surface area contributed by atoms with Crippen molar-refractivity contribution in [3.8, 4) is 11.4 Å². The fourth-order valence-corrected chi connectivity index (χ4v) is 3.79. The lowest BCUT2D eigenvalue weighted by Gasteiger charge is -2.16. The van der Waals surface area contributed by atoms with E-state index >= 15 is 0 Å². The third-order valence-corrected chi connectivity index (χ3v) is 5.07. The first-order chi connectivity index (χ1) is 14.3. The molecule has 0 saturated carbocycles. The van der Waals surface area contributed by atoms with Gasteiger partial charge in [0.2, 0.25) is 6.17 Å². The molecule has 0 spiro atoms. The molecule has 4 rings (SSSR count). The molecule has 0 aliphatic heterocycles. The Balaban J connectivity index is 2.09. The number of rotatable bonds is 6. The fraction of sp³-hybridized carbons (Fsp3) is 0.286. The van der Waals surface area contributed by atoms with E-state index in [1.165, 1.54) is 13.2 Å². The molecule has 0 unspecified atom stereocenters. The summed E-state index contributed by atoms with van der Waals surface area (Å²) in [5, 5.41) is 16.6. The highest BCUT2D eigenvalue weighted by Gasteiger charge is 2.27. The first kappa shape index (κ1) is 19.8. The van der Waals surface area contributed by atoms with Crippen molar-refractivity contribution < 1.29 is 23.4 Å². The molecule has 1 aromatic carbocycles. The van der Waals surface area contributed by atoms with Gasteiger partial charge in [-0.25, -0.2) is 18.6 Å². The van der Waals surface area contributed by atoms with E-state index in [1.807, 2.05) is 24.5 Å². The number of carboxylic acids is 1. The molecule has 0 radical (unpaired) electrons. The second kappa shape index (κ2) is 7.40. The summed E-state index contributed by atoms with van der Waals surface area (Å²) in [6, 6.07) is 6.29. The van der Waals surface area contributed by atoms with E-state index in [-0.39, 0.29) is 18.1 Å². The molecule has 30 heavy (non-hydrogen) atoms. The molecule has 9 heteroatoms. The van der Waals surface area contributed by atoms with Crippen LogP contribution in [0.4, 0.5) is 8.78 Å². The summed E-state index contributed by atoms with van der Waals surface area (Å²) in [7, 11) is 1.38. The minimum Gasteiger partial charge on any atom is -0.494 e. The molecule has 0 bridgehead atoms. The molecule has 1 atom stereocenters. The number of H-pyrrole nitrogens is 1. The molecule has 0 aliphatic rings. The third-order valence-electron chi connectivity index (χ3n) is 5.07. The van der Waals surface area contributed by atoms with Gasteiger partial charge in [-0.2, -0.15) is 5.10 Å². The second-order valence-electron chi connectivity index (χ2n) is 7.35. The zero-order chi connectivity index (χ0) is 21.6. The van der Waals surface area contributed by atoms with E-state index in [1.54, 1.807) is 18.3 Å². The SMILES string of the molecule is COc1cc(-n2c(C(C)C)c(C[C@H](F)C(=O)O)c3nc4[nH]ncc4cc32)ccc1F. The summed E-state index contributed by atoms with van der Waals surface area (Å²) in [4.78, 5) is 15.8. The highest BCUT2D eigenvalue weighted by atomic mass is 19.1. The lowest BCUT2D eigenvalue weighted by atomic mass is 10.0. The summed E-state index contributed by atoms with van der Waals surface area (Å²) in [5.41, 5.74) is 3.43. The van der Waals surface area contributed by atoms with Crippen LogP contribution in [0.2, 0.25) is 0 Å². The predicted molar refractivity (Wildman–Crippen MR) is 108 cm³/mol. The largest absolute Gasteiger partial charge is 0.494 e. The van der Waals surface area contributed by atoms with Crippen LogP contribution in [-0.4, -0.2) is 44.1 Å². The number of carboxylic acid groups (broad SMARTS) is 1. The molecular weight excluding hydrogens is 394 g/mol. The molecule has 2 N–H and O–H groups in total. The maximum Gasteiger partial charge on any atom is 0.338 e. The number of aliphatic carboxylic acids is 1. The standard InChI is InChI=1S/C21H20F2N4O3/c1-10(2)19-13(8-15(23)21(28)29)18-16(6-11-9-24-26-20(11)25-18)27(19)12-4-5-14(22)17(7-12)30-3/h4-7,9-10,15H,8H2,1-3H3,(H,28,29)(H,24,25,26)/t15-/m0/s1. The van der Waals surface area contributed by atoms with E-state index in [2.05, 4.69) is 15.2 Å². The number of ether oxygens (including phenoxy) is 1. The molecule has 7 nitrogen and oxygen atoms in total. The minimum absolute atomic E-state index is 0.0665. The Bertz CT molecular complexity index is 1260. The van der Waals surface area contributed by atoms with Crippen molar-refractivity contribution in [3.05, 3.63) is 47.5 Å². The fourth-order valence-electron chi connectivity index (χ4n) is 3.79. The number of aromatic nitrogens is 4. The monoisotopic (exact) mass is 414 g/mol. The number of aromatic amines is 1. The molecule has 0 fully saturated rings. The zero-order valence-electron chi connectivity index (χ0n) is 16.6. The van der Waals surface area contributed by atoms with Crippen molar-refractivity contribution in [1.82, 2.24) is 19.7 Å². The molecule has 4 aromatic rings. The van der Waals surface area contributed by atoms with Crippen molar-refractivity contribution in [3.63, 3.8) is 0 Å². The normalized spacial score (nSPS) is 12.7. The summed E-state index contributed by atoms with van der Waals surface area (Å²) in [6.07, 6.45) is -0.797. The predicted octanol–water partition coefficient (Wildman–Crippen LogP) is 4.14. The van der Waals surface area contributed by atoms with Gasteiger partial charge in [0, 0.05) is 34.8 Å². The van der Waals surface area contributed by atoms with Gasteiger partial charge in [0.25, 0.3) is 0 Å². The number of nitrogens with zero attached hydrogens (tertiary/aromatic N) is 3. The Morgan fingerprint density at radius 3 is 2.77 bits per heavy atom. The molecule has 0 aliphatic carbocycles. The first-order valence-electron chi connectivity index (χ1n) is 9.40. The van der Waals surface area contributed by atoms with Gasteiger partial charge in [0.05, 0.1) is 24.3 Å². The van der Waals surface area contributed by atoms with Crippen LogP contribution in [0.15, 0.2) is 30.5 Å². The first-order valence-corrected chi connectivity index (χ1v) is 9.40. The van der Waals surface area contributed by atoms with Crippen LogP contribution < -0.4 is 4.74 Å². The van der Waals surface area contributed by atoms with Crippen LogP contribution in [0, 0.1) is 5.82 Å². The van der Waals surface area contributed by atoms with Gasteiger partial charge in [-0.15, -0.1) is 0 Å². The van der Waals surface area contributed by atoms with Crippen molar-refractivity contribution in [2.24, 2.45) is 0 Å². The van der Waals surface area contributed by atoms with Crippen molar-refractivity contribution in [1.29, 1.82) is 0 Å². The molecule has 3 aromatic heterocycles. The number of pyridine rings is 1. The molecule has 156 valence electrons. The van der Waals surface area contributed by atoms with E-state index in [4.69, 9.17) is 9.84 Å². The van der Waals surface area contributed by atoms with E-state index in [0.717, 1.165) is 5.39 Å². The van der Waals surface area contributed by atoms with Crippen molar-refractivity contribution >= 4 is 28.0 Å². The Hall–Kier alpha value is -3.49. The average molecular weight is 414 g/mol. The smallest absolute Gasteiger partial charge is 0.338 e. The van der Waals surface area contributed by atoms with Crippen LogP contribution in [-0.2, 0) is 11.2 Å². The van der Waals surface area contributed by atoms with Crippen LogP contribution >= 0.6 is 0 Å². The molecular formula is C21H20F2N4O3. The highest BCUT2D eigenvalue weighted by molar-refractivity contribution is 5.93. The number of alkyl halides is 1. The van der Waals surface area contributed by atoms with Gasteiger partial charge in [-0.3, -0.25) is 5.10 Å². The number of benzene rings is 1. The van der Waals surface area contributed by atoms with Crippen LogP contribution in [0.25, 0.3) is 27.8 Å². The number of nitrogens with one attached hydrogen (secondary N) is 1. The topological polar surface area (TPSA) is 93.0 Å². The summed E-state index contributed by atoms with van der Waals surface area (Å²) in [5.74, 6) is -2.06. The van der Waals surface area contributed by atoms with Gasteiger partial charge in [0.15, 0.2) is 17.2 Å². The number of fused-ring (bicyclic) bond motifs is 2. The highest BCUT2D eigenvalue weighted by Crippen LogP contribution is 2.36.